The van der Waals surface area contributed by atoms with Gasteiger partial charge in [-0.25, -0.2) is 19.9 Å². The molecule has 0 radical (unpaired) electrons. The van der Waals surface area contributed by atoms with Gasteiger partial charge in [-0.05, 0) is 44.8 Å². The molecular formula is C21H32F3N9O2S. The summed E-state index contributed by atoms with van der Waals surface area (Å²) in [7, 11) is 3.75. The lowest BCUT2D eigenvalue weighted by Crippen LogP contribution is -2.37. The molecule has 1 unspecified atom stereocenters. The summed E-state index contributed by atoms with van der Waals surface area (Å²) >= 11 is 0. The smallest absolute Gasteiger partial charge is 0.412 e. The summed E-state index contributed by atoms with van der Waals surface area (Å²) in [6.45, 7) is 1.42. The summed E-state index contributed by atoms with van der Waals surface area (Å²) in [5, 5.41) is 10.3. The number of piperidine rings is 1. The highest BCUT2D eigenvalue weighted by atomic mass is 32.1. The molecule has 3 aromatic rings. The summed E-state index contributed by atoms with van der Waals surface area (Å²) in [4.78, 5) is 18.4. The van der Waals surface area contributed by atoms with Crippen LogP contribution >= 0.6 is 13.5 Å². The van der Waals surface area contributed by atoms with Gasteiger partial charge in [0.1, 0.15) is 11.5 Å². The maximum atomic E-state index is 13.1. The molecule has 0 bridgehead atoms. The average molecular weight is 532 g/mol. The summed E-state index contributed by atoms with van der Waals surface area (Å²) in [6.07, 6.45) is 4.96. The fraction of sp³-hybridized carbons (Fsp3) is 0.381. The molecule has 1 atom stereocenters. The summed E-state index contributed by atoms with van der Waals surface area (Å²) in [6, 6.07) is 1.76. The first kappa shape index (κ1) is 32.7. The summed E-state index contributed by atoms with van der Waals surface area (Å²) in [5.41, 5.74) is 5.99. The topological polar surface area (TPSA) is 184 Å². The minimum absolute atomic E-state index is 0. The molecule has 11 nitrogen and oxygen atoms in total. The van der Waals surface area contributed by atoms with E-state index in [9.17, 15) is 13.2 Å². The van der Waals surface area contributed by atoms with E-state index in [0.29, 0.717) is 18.1 Å². The number of nitrogens with two attached hydrogens (primary N) is 1. The maximum Gasteiger partial charge on any atom is 0.434 e. The van der Waals surface area contributed by atoms with Crippen molar-refractivity contribution >= 4 is 31.2 Å². The van der Waals surface area contributed by atoms with Crippen LogP contribution in [0.15, 0.2) is 42.6 Å². The van der Waals surface area contributed by atoms with E-state index < -0.39 is 11.9 Å². The molecule has 0 amide bonds. The number of aromatic nitrogens is 5. The second-order valence-electron chi connectivity index (χ2n) is 7.48. The fourth-order valence-electron chi connectivity index (χ4n) is 3.61. The van der Waals surface area contributed by atoms with Crippen molar-refractivity contribution in [1.29, 1.82) is 5.41 Å². The third kappa shape index (κ3) is 7.36. The van der Waals surface area contributed by atoms with Crippen molar-refractivity contribution in [2.24, 2.45) is 11.7 Å². The zero-order chi connectivity index (χ0) is 24.0. The zero-order valence-electron chi connectivity index (χ0n) is 19.8. The molecule has 1 fully saturated rings. The highest BCUT2D eigenvalue weighted by Gasteiger charge is 2.33. The van der Waals surface area contributed by atoms with E-state index in [-0.39, 0.29) is 41.8 Å². The number of fused-ring (bicyclic) bond motifs is 1. The van der Waals surface area contributed by atoms with Gasteiger partial charge in [-0.3, -0.25) is 4.40 Å². The van der Waals surface area contributed by atoms with Crippen LogP contribution in [0.1, 0.15) is 18.5 Å². The van der Waals surface area contributed by atoms with Gasteiger partial charge in [0.2, 0.25) is 0 Å². The molecule has 0 aliphatic carbocycles. The molecule has 0 aromatic carbocycles. The monoisotopic (exact) mass is 531 g/mol. The van der Waals surface area contributed by atoms with E-state index in [2.05, 4.69) is 30.2 Å². The van der Waals surface area contributed by atoms with Gasteiger partial charge in [0, 0.05) is 37.6 Å². The molecule has 1 saturated heterocycles. The lowest BCUT2D eigenvalue weighted by molar-refractivity contribution is -0.141. The van der Waals surface area contributed by atoms with Crippen molar-refractivity contribution in [2.75, 3.05) is 32.1 Å². The first-order chi connectivity index (χ1) is 15.8. The van der Waals surface area contributed by atoms with Gasteiger partial charge < -0.3 is 32.3 Å². The normalized spacial score (nSPS) is 15.5. The number of imidazole rings is 1. The van der Waals surface area contributed by atoms with E-state index in [4.69, 9.17) is 11.1 Å². The van der Waals surface area contributed by atoms with E-state index in [0.717, 1.165) is 37.4 Å². The lowest BCUT2D eigenvalue weighted by Gasteiger charge is -2.34. The van der Waals surface area contributed by atoms with Gasteiger partial charge in [0.15, 0.2) is 17.2 Å². The molecule has 4 heterocycles. The molecule has 200 valence electrons. The Morgan fingerprint density at radius 3 is 2.50 bits per heavy atom. The molecule has 1 aliphatic heterocycles. The molecule has 1 aliphatic rings. The highest BCUT2D eigenvalue weighted by molar-refractivity contribution is 7.59. The van der Waals surface area contributed by atoms with Crippen molar-refractivity contribution in [2.45, 2.75) is 19.0 Å². The van der Waals surface area contributed by atoms with Crippen LogP contribution in [-0.4, -0.2) is 68.7 Å². The largest absolute Gasteiger partial charge is 0.434 e. The van der Waals surface area contributed by atoms with E-state index in [1.54, 1.807) is 12.3 Å². The zero-order valence-corrected chi connectivity index (χ0v) is 20.8. The van der Waals surface area contributed by atoms with Crippen molar-refractivity contribution in [1.82, 2.24) is 29.7 Å². The predicted molar refractivity (Wildman–Crippen MR) is 138 cm³/mol. The van der Waals surface area contributed by atoms with Crippen LogP contribution in [0.4, 0.5) is 19.0 Å². The summed E-state index contributed by atoms with van der Waals surface area (Å²) < 4.78 is 40.5. The Morgan fingerprint density at radius 2 is 1.89 bits per heavy atom. The molecule has 4 rings (SSSR count). The Morgan fingerprint density at radius 1 is 1.19 bits per heavy atom. The third-order valence-corrected chi connectivity index (χ3v) is 5.13. The summed E-state index contributed by atoms with van der Waals surface area (Å²) in [5.74, 6) is 1.05. The Bertz CT molecular complexity index is 1140. The van der Waals surface area contributed by atoms with E-state index >= 15 is 0 Å². The minimum atomic E-state index is -4.57. The van der Waals surface area contributed by atoms with Gasteiger partial charge >= 0.3 is 6.18 Å². The molecule has 0 saturated carbocycles. The van der Waals surface area contributed by atoms with Crippen molar-refractivity contribution in [3.63, 3.8) is 0 Å². The van der Waals surface area contributed by atoms with Crippen LogP contribution in [0.2, 0.25) is 0 Å². The highest BCUT2D eigenvalue weighted by Crippen LogP contribution is 2.29. The van der Waals surface area contributed by atoms with Gasteiger partial charge in [-0.15, -0.1) is 0 Å². The molecule has 8 N–H and O–H groups in total. The van der Waals surface area contributed by atoms with Crippen LogP contribution < -0.4 is 16.0 Å². The first-order valence-electron chi connectivity index (χ1n) is 10.3. The Hall–Kier alpha value is -3.27. The maximum absolute atomic E-state index is 13.1. The number of nitrogens with one attached hydrogen (secondary N) is 2. The SMILES string of the molecule is CNC.N=C/C(=C\N)C1CCCN(c2ccnc(-c3cnc4cnc(C(F)(F)F)cn34)n2)C1.O.O.S. The number of alkyl halides is 3. The third-order valence-electron chi connectivity index (χ3n) is 5.13. The molecule has 3 aromatic heterocycles. The van der Waals surface area contributed by atoms with Crippen LogP contribution in [-0.2, 0) is 6.18 Å². The number of hydrogen-bond donors (Lipinski definition) is 3. The van der Waals surface area contributed by atoms with Crippen LogP contribution in [0.5, 0.6) is 0 Å². The van der Waals surface area contributed by atoms with Gasteiger partial charge in [0.25, 0.3) is 0 Å². The van der Waals surface area contributed by atoms with Gasteiger partial charge in [-0.1, -0.05) is 0 Å². The van der Waals surface area contributed by atoms with Crippen molar-refractivity contribution in [3.05, 3.63) is 48.3 Å². The quantitative estimate of drug-likeness (QED) is 0.422. The van der Waals surface area contributed by atoms with Gasteiger partial charge in [0.05, 0.1) is 12.4 Å². The van der Waals surface area contributed by atoms with E-state index in [1.165, 1.54) is 23.0 Å². The number of nitrogens with zero attached hydrogens (tertiary/aromatic N) is 6. The van der Waals surface area contributed by atoms with Crippen molar-refractivity contribution in [3.8, 4) is 11.5 Å². The fourth-order valence-corrected chi connectivity index (χ4v) is 3.61. The van der Waals surface area contributed by atoms with E-state index in [1.807, 2.05) is 14.1 Å². The Kier molecular flexibility index (Phi) is 13.0. The number of rotatable bonds is 4. The first-order valence-corrected chi connectivity index (χ1v) is 10.3. The van der Waals surface area contributed by atoms with Crippen LogP contribution in [0, 0.1) is 11.3 Å². The molecule has 36 heavy (non-hydrogen) atoms. The average Bonchev–Trinajstić information content (AvgIpc) is 3.24. The number of anilines is 1. The van der Waals surface area contributed by atoms with Crippen LogP contribution in [0.3, 0.4) is 0 Å². The molecular weight excluding hydrogens is 499 g/mol. The molecule has 15 heteroatoms. The number of halogens is 3. The second kappa shape index (κ2) is 14.3. The van der Waals surface area contributed by atoms with Gasteiger partial charge in [-0.2, -0.15) is 26.7 Å². The lowest BCUT2D eigenvalue weighted by atomic mass is 9.91. The minimum Gasteiger partial charge on any atom is -0.412 e. The number of hydrogen-bond acceptors (Lipinski definition) is 8. The Balaban J connectivity index is 0.00000195. The second-order valence-corrected chi connectivity index (χ2v) is 7.48. The van der Waals surface area contributed by atoms with Crippen LogP contribution in [0.25, 0.3) is 17.2 Å². The van der Waals surface area contributed by atoms with Crippen molar-refractivity contribution < 1.29 is 24.1 Å². The molecule has 0 spiro atoms. The standard InChI is InChI=1S/C19H19F3N8.C2H7N.2H2O.H2S/c20-19(21,22)15-11-30-14(8-27-17(30)9-26-15)18-25-4-3-16(28-18)29-5-1-2-12(10-29)13(6-23)7-24;1-3-2;;;/h3-4,6-9,11-12,23H,1-2,5,10,24H2;3H,1-2H3;3*1H2/b13-7+,23-6?;;;;. The predicted octanol–water partition coefficient (Wildman–Crippen LogP) is 1.21. The Labute approximate surface area is 213 Å².